The fraction of sp³-hybridized carbons (Fsp3) is 0.538. The molecule has 4 heteroatoms. The lowest BCUT2D eigenvalue weighted by atomic mass is 10.1. The van der Waals surface area contributed by atoms with Crippen LogP contribution in [-0.4, -0.2) is 37.7 Å². The zero-order valence-corrected chi connectivity index (χ0v) is 11.4. The molecule has 0 N–H and O–H groups in total. The second-order valence-corrected chi connectivity index (χ2v) is 5.15. The van der Waals surface area contributed by atoms with Crippen LogP contribution < -0.4 is 0 Å². The van der Waals surface area contributed by atoms with E-state index in [0.29, 0.717) is 0 Å². The Bertz CT molecular complexity index is 366. The van der Waals surface area contributed by atoms with Gasteiger partial charge in [0.15, 0.2) is 0 Å². The summed E-state index contributed by atoms with van der Waals surface area (Å²) in [6, 6.07) is 4.91. The maximum absolute atomic E-state index is 12.9. The largest absolute Gasteiger partial charge is 0.379 e. The average Bonchev–Trinajstić information content (AvgIpc) is 2.33. The molecular weight excluding hydrogens is 285 g/mol. The van der Waals surface area contributed by atoms with Gasteiger partial charge in [-0.25, -0.2) is 4.39 Å². The van der Waals surface area contributed by atoms with Crippen molar-refractivity contribution in [3.63, 3.8) is 0 Å². The second-order valence-electron chi connectivity index (χ2n) is 4.29. The van der Waals surface area contributed by atoms with Gasteiger partial charge in [0, 0.05) is 17.6 Å². The van der Waals surface area contributed by atoms with Gasteiger partial charge in [0.05, 0.1) is 13.2 Å². The van der Waals surface area contributed by atoms with Crippen molar-refractivity contribution in [2.24, 2.45) is 0 Å². The second kappa shape index (κ2) is 6.47. The van der Waals surface area contributed by atoms with Crippen molar-refractivity contribution in [2.75, 3.05) is 32.8 Å². The molecule has 0 atom stereocenters. The maximum Gasteiger partial charge on any atom is 0.124 e. The summed E-state index contributed by atoms with van der Waals surface area (Å²) in [5.74, 6) is -0.186. The summed E-state index contributed by atoms with van der Waals surface area (Å²) >= 11 is 3.40. The van der Waals surface area contributed by atoms with E-state index in [1.165, 1.54) is 17.7 Å². The van der Waals surface area contributed by atoms with Crippen LogP contribution in [0.2, 0.25) is 0 Å². The van der Waals surface area contributed by atoms with Crippen molar-refractivity contribution in [2.45, 2.75) is 12.8 Å². The van der Waals surface area contributed by atoms with E-state index in [9.17, 15) is 4.39 Å². The molecule has 0 radical (unpaired) electrons. The Hall–Kier alpha value is -0.450. The van der Waals surface area contributed by atoms with Gasteiger partial charge in [0.2, 0.25) is 0 Å². The Balaban J connectivity index is 1.77. The van der Waals surface area contributed by atoms with Crippen molar-refractivity contribution in [1.82, 2.24) is 4.90 Å². The first-order valence-corrected chi connectivity index (χ1v) is 6.79. The molecule has 0 amide bonds. The molecular formula is C13H17BrFNO. The molecule has 0 bridgehead atoms. The normalized spacial score (nSPS) is 17.3. The van der Waals surface area contributed by atoms with Crippen molar-refractivity contribution in [3.8, 4) is 0 Å². The van der Waals surface area contributed by atoms with Crippen molar-refractivity contribution in [3.05, 3.63) is 34.1 Å². The Kier molecular flexibility index (Phi) is 4.95. The first kappa shape index (κ1) is 13.0. The number of benzene rings is 1. The van der Waals surface area contributed by atoms with Crippen LogP contribution in [0.3, 0.4) is 0 Å². The highest BCUT2D eigenvalue weighted by atomic mass is 79.9. The molecule has 1 aliphatic rings. The number of hydrogen-bond donors (Lipinski definition) is 0. The lowest BCUT2D eigenvalue weighted by Crippen LogP contribution is -2.36. The van der Waals surface area contributed by atoms with Crippen LogP contribution in [-0.2, 0) is 11.2 Å². The highest BCUT2D eigenvalue weighted by Crippen LogP contribution is 2.19. The van der Waals surface area contributed by atoms with E-state index in [2.05, 4.69) is 20.8 Å². The van der Waals surface area contributed by atoms with Crippen LogP contribution in [0.4, 0.5) is 4.39 Å². The van der Waals surface area contributed by atoms with Crippen molar-refractivity contribution in [1.29, 1.82) is 0 Å². The van der Waals surface area contributed by atoms with Gasteiger partial charge in [-0.3, -0.25) is 4.90 Å². The summed E-state index contributed by atoms with van der Waals surface area (Å²) in [5, 5.41) is 0. The third kappa shape index (κ3) is 4.05. The smallest absolute Gasteiger partial charge is 0.124 e. The Labute approximate surface area is 110 Å². The molecule has 1 heterocycles. The highest BCUT2D eigenvalue weighted by molar-refractivity contribution is 9.10. The third-order valence-corrected chi connectivity index (χ3v) is 3.78. The third-order valence-electron chi connectivity index (χ3n) is 3.04. The summed E-state index contributed by atoms with van der Waals surface area (Å²) in [5.41, 5.74) is 1.18. The number of nitrogens with zero attached hydrogens (tertiary/aromatic N) is 1. The van der Waals surface area contributed by atoms with Gasteiger partial charge < -0.3 is 4.74 Å². The van der Waals surface area contributed by atoms with Crippen LogP contribution in [0.5, 0.6) is 0 Å². The van der Waals surface area contributed by atoms with Gasteiger partial charge >= 0.3 is 0 Å². The van der Waals surface area contributed by atoms with Crippen molar-refractivity contribution >= 4 is 15.9 Å². The molecule has 1 saturated heterocycles. The molecule has 2 nitrogen and oxygen atoms in total. The molecule has 0 unspecified atom stereocenters. The topological polar surface area (TPSA) is 12.5 Å². The van der Waals surface area contributed by atoms with Gasteiger partial charge in [0.25, 0.3) is 0 Å². The number of rotatable bonds is 4. The molecule has 0 aliphatic carbocycles. The number of ether oxygens (including phenoxy) is 1. The first-order chi connectivity index (χ1) is 8.25. The monoisotopic (exact) mass is 301 g/mol. The van der Waals surface area contributed by atoms with E-state index in [1.54, 1.807) is 0 Å². The minimum atomic E-state index is -0.186. The van der Waals surface area contributed by atoms with Crippen molar-refractivity contribution < 1.29 is 9.13 Å². The fourth-order valence-corrected chi connectivity index (χ4v) is 2.59. The predicted molar refractivity (Wildman–Crippen MR) is 69.7 cm³/mol. The van der Waals surface area contributed by atoms with Gasteiger partial charge in [-0.15, -0.1) is 0 Å². The number of morpholine rings is 1. The minimum Gasteiger partial charge on any atom is -0.379 e. The summed E-state index contributed by atoms with van der Waals surface area (Å²) < 4.78 is 19.1. The molecule has 2 rings (SSSR count). The van der Waals surface area contributed by atoms with Gasteiger partial charge in [-0.05, 0) is 37.1 Å². The van der Waals surface area contributed by atoms with Crippen LogP contribution in [0, 0.1) is 5.82 Å². The van der Waals surface area contributed by atoms with Crippen LogP contribution >= 0.6 is 15.9 Å². The molecule has 94 valence electrons. The first-order valence-electron chi connectivity index (χ1n) is 6.00. The minimum absolute atomic E-state index is 0.186. The summed E-state index contributed by atoms with van der Waals surface area (Å²) in [4.78, 5) is 2.42. The number of halogens is 2. The summed E-state index contributed by atoms with van der Waals surface area (Å²) in [6.07, 6.45) is 2.09. The quantitative estimate of drug-likeness (QED) is 0.848. The molecule has 1 aromatic rings. The lowest BCUT2D eigenvalue weighted by Gasteiger charge is -2.26. The van der Waals surface area contributed by atoms with E-state index < -0.39 is 0 Å². The zero-order chi connectivity index (χ0) is 12.1. The van der Waals surface area contributed by atoms with E-state index in [-0.39, 0.29) is 5.82 Å². The van der Waals surface area contributed by atoms with E-state index in [4.69, 9.17) is 4.74 Å². The fourth-order valence-electron chi connectivity index (χ4n) is 2.04. The molecule has 0 aromatic heterocycles. The SMILES string of the molecule is Fc1ccc(CCCN2CCOCC2)c(Br)c1. The Morgan fingerprint density at radius 1 is 1.29 bits per heavy atom. The maximum atomic E-state index is 12.9. The molecule has 0 saturated carbocycles. The number of hydrogen-bond acceptors (Lipinski definition) is 2. The molecule has 1 aromatic carbocycles. The predicted octanol–water partition coefficient (Wildman–Crippen LogP) is 2.85. The molecule has 17 heavy (non-hydrogen) atoms. The summed E-state index contributed by atoms with van der Waals surface area (Å²) in [7, 11) is 0. The van der Waals surface area contributed by atoms with Gasteiger partial charge in [-0.2, -0.15) is 0 Å². The van der Waals surface area contributed by atoms with Crippen LogP contribution in [0.25, 0.3) is 0 Å². The van der Waals surface area contributed by atoms with Gasteiger partial charge in [-0.1, -0.05) is 22.0 Å². The van der Waals surface area contributed by atoms with E-state index in [0.717, 1.165) is 50.2 Å². The highest BCUT2D eigenvalue weighted by Gasteiger charge is 2.09. The van der Waals surface area contributed by atoms with E-state index >= 15 is 0 Å². The van der Waals surface area contributed by atoms with E-state index in [1.807, 2.05) is 6.07 Å². The number of aryl methyl sites for hydroxylation is 1. The van der Waals surface area contributed by atoms with Gasteiger partial charge in [0.1, 0.15) is 5.82 Å². The molecule has 0 spiro atoms. The zero-order valence-electron chi connectivity index (χ0n) is 9.79. The van der Waals surface area contributed by atoms with Crippen LogP contribution in [0.1, 0.15) is 12.0 Å². The summed E-state index contributed by atoms with van der Waals surface area (Å²) in [6.45, 7) is 4.85. The molecule has 1 fully saturated rings. The standard InChI is InChI=1S/C13H17BrFNO/c14-13-10-12(15)4-3-11(13)2-1-5-16-6-8-17-9-7-16/h3-4,10H,1-2,5-9H2. The molecule has 1 aliphatic heterocycles. The van der Waals surface area contributed by atoms with Crippen LogP contribution in [0.15, 0.2) is 22.7 Å². The Morgan fingerprint density at radius 3 is 2.76 bits per heavy atom. The average molecular weight is 302 g/mol. The Morgan fingerprint density at radius 2 is 2.06 bits per heavy atom. The lowest BCUT2D eigenvalue weighted by molar-refractivity contribution is 0.0374.